The van der Waals surface area contributed by atoms with Crippen molar-refractivity contribution in [3.05, 3.63) is 269 Å². The quantitative estimate of drug-likeness (QED) is 0.0843. The minimum absolute atomic E-state index is 0.0197. The zero-order valence-corrected chi connectivity index (χ0v) is 78.4. The Morgan fingerprint density at radius 3 is 1.22 bits per heavy atom. The van der Waals surface area contributed by atoms with Gasteiger partial charge in [0.15, 0.2) is 6.35 Å². The molecule has 646 valence electrons. The van der Waals surface area contributed by atoms with Crippen LogP contribution in [0.4, 0.5) is 8.78 Å². The molecule has 0 bridgehead atoms. The third kappa shape index (κ3) is 24.7. The van der Waals surface area contributed by atoms with Crippen molar-refractivity contribution in [3.63, 3.8) is 0 Å². The Balaban J connectivity index is 0.000000177. The van der Waals surface area contributed by atoms with Crippen LogP contribution in [0, 0.1) is 11.6 Å². The summed E-state index contributed by atoms with van der Waals surface area (Å²) in [7, 11) is -1.62. The molecule has 4 N–H and O–H groups in total. The molecule has 12 nitrogen and oxygen atoms in total. The monoisotopic (exact) mass is 1660 g/mol. The van der Waals surface area contributed by atoms with Gasteiger partial charge >= 0.3 is 21.8 Å². The first-order chi connectivity index (χ1) is 55.8. The molecule has 12 aromatic carbocycles. The Hall–Kier alpha value is -9.08. The molecule has 2 heterocycles. The molecule has 0 spiro atoms. The maximum Gasteiger partial charge on any atom is 0.495 e. The number of hydrogen-bond donors (Lipinski definition) is 4. The van der Waals surface area contributed by atoms with Crippen LogP contribution in [0.5, 0.6) is 28.7 Å². The predicted molar refractivity (Wildman–Crippen MR) is 504 cm³/mol. The molecule has 2 saturated heterocycles. The van der Waals surface area contributed by atoms with Crippen LogP contribution in [0.1, 0.15) is 239 Å². The first-order valence-electron chi connectivity index (χ1n) is 41.9. The van der Waals surface area contributed by atoms with Crippen LogP contribution in [0.2, 0.25) is 0 Å². The van der Waals surface area contributed by atoms with Gasteiger partial charge in [-0.25, -0.2) is 8.78 Å². The molecular formula is C104H133B2F2O12P. The molecule has 0 aromatic heterocycles. The smallest absolute Gasteiger partial charge is 0.495 e. The second kappa shape index (κ2) is 38.0. The first kappa shape index (κ1) is 97.4. The zero-order chi connectivity index (χ0) is 90.4. The highest BCUT2D eigenvalue weighted by atomic mass is 31.2. The van der Waals surface area contributed by atoms with Gasteiger partial charge in [-0.3, -0.25) is 4.57 Å². The van der Waals surface area contributed by atoms with Gasteiger partial charge in [0.1, 0.15) is 40.4 Å². The van der Waals surface area contributed by atoms with Gasteiger partial charge < -0.3 is 52.8 Å². The number of rotatable bonds is 8. The summed E-state index contributed by atoms with van der Waals surface area (Å²) in [4.78, 5) is 17.3. The van der Waals surface area contributed by atoms with Gasteiger partial charge in [0, 0.05) is 11.1 Å². The number of aromatic hydroxyl groups is 2. The maximum atomic E-state index is 14.3. The Morgan fingerprint density at radius 2 is 0.777 bits per heavy atom. The summed E-state index contributed by atoms with van der Waals surface area (Å²) in [6.45, 7) is 58.9. The van der Waals surface area contributed by atoms with Gasteiger partial charge in [-0.15, -0.1) is 0 Å². The van der Waals surface area contributed by atoms with Crippen LogP contribution < -0.4 is 25.1 Å². The van der Waals surface area contributed by atoms with Crippen molar-refractivity contribution in [3.8, 4) is 28.7 Å². The molecule has 0 aliphatic carbocycles. The molecule has 2 fully saturated rings. The third-order valence-electron chi connectivity index (χ3n) is 22.6. The predicted octanol–water partition coefficient (Wildman–Crippen LogP) is 26.3. The lowest BCUT2D eigenvalue weighted by atomic mass is 9.69. The van der Waals surface area contributed by atoms with Crippen molar-refractivity contribution in [2.45, 2.75) is 255 Å². The fourth-order valence-corrected chi connectivity index (χ4v) is 15.2. The number of phenolic OH excluding ortho intramolecular Hbond substituents is 2. The number of benzene rings is 12. The Bertz CT molecular complexity index is 5580. The second-order valence-corrected chi connectivity index (χ2v) is 41.7. The zero-order valence-electron chi connectivity index (χ0n) is 77.5. The average Bonchev–Trinajstić information content (AvgIpc) is 1.64. The molecule has 2 aliphatic heterocycles. The summed E-state index contributed by atoms with van der Waals surface area (Å²) in [5.74, 6) is 2.07. The van der Waals surface area contributed by atoms with Crippen molar-refractivity contribution in [1.82, 2.24) is 0 Å². The van der Waals surface area contributed by atoms with Gasteiger partial charge in [-0.05, 0) is 247 Å². The Morgan fingerprint density at radius 1 is 0.380 bits per heavy atom. The highest BCUT2D eigenvalue weighted by Gasteiger charge is 2.54. The van der Waals surface area contributed by atoms with Crippen LogP contribution in [-0.2, 0) is 55.7 Å². The fourth-order valence-electron chi connectivity index (χ4n) is 14.9. The molecule has 121 heavy (non-hydrogen) atoms. The molecule has 0 atom stereocenters. The molecule has 0 amide bonds. The van der Waals surface area contributed by atoms with E-state index in [-0.39, 0.29) is 68.3 Å². The van der Waals surface area contributed by atoms with E-state index in [4.69, 9.17) is 42.6 Å². The normalized spacial score (nSPS) is 15.0. The Labute approximate surface area is 721 Å². The van der Waals surface area contributed by atoms with Crippen molar-refractivity contribution >= 4 is 86.6 Å². The van der Waals surface area contributed by atoms with E-state index in [2.05, 4.69) is 259 Å². The van der Waals surface area contributed by atoms with Gasteiger partial charge in [-0.2, -0.15) is 0 Å². The van der Waals surface area contributed by atoms with Crippen molar-refractivity contribution < 1.29 is 66.2 Å². The molecule has 0 unspecified atom stereocenters. The SMILES string of the molecule is CC(C)(C)c1c(F)cccc1B1OC(C)(C)C(C)(C)O1.CC(C)(C)c1cc(B2OC(C)(C)C(C)(C)O2)cc2ccccc12.CC(C)(C)c1cc(O)cc2ccccc12.CC(C)(C)c1cc2ccccc2cc1O.CC(C)c1c(F)cccc1OCP(=O)(O)O.COc1cc(C(C)(C)C)c2ccccc2c1.COc1ccc2ccccc2c1C(C)(C)C. The lowest BCUT2D eigenvalue weighted by Gasteiger charge is -2.32. The van der Waals surface area contributed by atoms with E-state index in [1.165, 1.54) is 89.6 Å². The number of fused-ring (bicyclic) bond motifs is 5. The number of hydrogen-bond acceptors (Lipinski definition) is 10. The van der Waals surface area contributed by atoms with E-state index in [9.17, 15) is 23.6 Å². The molecular weight excluding hydrogens is 1530 g/mol. The summed E-state index contributed by atoms with van der Waals surface area (Å²) in [6, 6.07) is 71.5. The molecule has 14 rings (SSSR count). The summed E-state index contributed by atoms with van der Waals surface area (Å²) in [6.07, 6.45) is -0.740. The molecule has 17 heteroatoms. The van der Waals surface area contributed by atoms with Crippen LogP contribution in [0.3, 0.4) is 0 Å². The minimum atomic E-state index is -4.24. The number of ether oxygens (including phenoxy) is 3. The van der Waals surface area contributed by atoms with Gasteiger partial charge in [-0.1, -0.05) is 296 Å². The maximum absolute atomic E-state index is 14.3. The fraction of sp³-hybridized carbons (Fsp3) is 0.404. The van der Waals surface area contributed by atoms with Crippen molar-refractivity contribution in [2.75, 3.05) is 20.6 Å². The van der Waals surface area contributed by atoms with Crippen LogP contribution in [0.25, 0.3) is 53.9 Å². The molecule has 0 saturated carbocycles. The molecule has 2 aliphatic rings. The largest absolute Gasteiger partial charge is 0.508 e. The van der Waals surface area contributed by atoms with Crippen LogP contribution >= 0.6 is 7.60 Å². The summed E-state index contributed by atoms with van der Waals surface area (Å²) in [5, 5.41) is 31.9. The second-order valence-electron chi connectivity index (χ2n) is 40.1. The topological polar surface area (TPSA) is 163 Å². The summed E-state index contributed by atoms with van der Waals surface area (Å²) >= 11 is 0. The summed E-state index contributed by atoms with van der Waals surface area (Å²) < 4.78 is 78.7. The van der Waals surface area contributed by atoms with Crippen LogP contribution in [-0.4, -0.2) is 77.2 Å². The number of methoxy groups -OCH3 is 2. The average molecular weight is 1670 g/mol. The first-order valence-corrected chi connectivity index (χ1v) is 43.7. The van der Waals surface area contributed by atoms with E-state index < -0.39 is 38.1 Å². The lowest BCUT2D eigenvalue weighted by molar-refractivity contribution is 0.00578. The van der Waals surface area contributed by atoms with E-state index in [0.717, 1.165) is 38.8 Å². The lowest BCUT2D eigenvalue weighted by Crippen LogP contribution is -2.41. The third-order valence-corrected chi connectivity index (χ3v) is 23.0. The van der Waals surface area contributed by atoms with E-state index >= 15 is 0 Å². The van der Waals surface area contributed by atoms with Crippen molar-refractivity contribution in [2.24, 2.45) is 0 Å². The highest BCUT2D eigenvalue weighted by Crippen LogP contribution is 2.44. The van der Waals surface area contributed by atoms with E-state index in [1.807, 2.05) is 109 Å². The Kier molecular flexibility index (Phi) is 30.5. The highest BCUT2D eigenvalue weighted by molar-refractivity contribution is 7.51. The number of halogens is 2. The minimum Gasteiger partial charge on any atom is -0.508 e. The molecule has 0 radical (unpaired) electrons. The van der Waals surface area contributed by atoms with Crippen molar-refractivity contribution in [1.29, 1.82) is 0 Å². The van der Waals surface area contributed by atoms with Gasteiger partial charge in [0.25, 0.3) is 0 Å². The van der Waals surface area contributed by atoms with Gasteiger partial charge in [0.2, 0.25) is 0 Å². The number of phenols is 2. The molecule has 12 aromatic rings. The standard InChI is InChI=1S/C20H27BO2.C16H24BFO2.2C15H18O.2C14H16O.C10H14FO4P/c1-18(2,3)17-13-15(12-14-10-8-9-11-16(14)17)21-22-19(4,5)20(6,7)23-21;1-14(2,3)13-11(9-8-10-12(13)18)17-19-15(4,5)16(6,7)20-17;1-15(2,3)14-10-12(16-4)9-11-7-5-6-8-13(11)14;1-15(2,3)14-12-8-6-5-7-11(12)9-10-13(14)16-4;1-14(2,3)13-9-11(15)8-10-6-4-5-7-12(10)13;1-14(2,3)12-8-10-6-4-5-7-11(10)9-13(12)15;1-7(2)10-8(11)4-3-5-9(10)15-6-16(12,13)14/h8-13H,1-7H3;8-10H,1-7H3;2*5-10H,1-4H3;2*4-9,15H,1-3H3;3-5,7H,6H2,1-2H3,(H2,12,13,14). The van der Waals surface area contributed by atoms with Gasteiger partial charge in [0.05, 0.1) is 36.6 Å². The summed E-state index contributed by atoms with van der Waals surface area (Å²) in [5.41, 5.74) is 7.60. The van der Waals surface area contributed by atoms with E-state index in [0.29, 0.717) is 22.6 Å². The van der Waals surface area contributed by atoms with Crippen LogP contribution in [0.15, 0.2) is 218 Å². The van der Waals surface area contributed by atoms with E-state index in [1.54, 1.807) is 34.1 Å².